The second kappa shape index (κ2) is 8.00. The number of nitrogens with one attached hydrogen (secondary N) is 1. The number of ether oxygens (including phenoxy) is 1. The van der Waals surface area contributed by atoms with E-state index in [2.05, 4.69) is 10.3 Å². The van der Waals surface area contributed by atoms with Crippen LogP contribution in [0.15, 0.2) is 12.3 Å². The van der Waals surface area contributed by atoms with Crippen molar-refractivity contribution in [2.24, 2.45) is 0 Å². The Kier molecular flexibility index (Phi) is 6.60. The van der Waals surface area contributed by atoms with Gasteiger partial charge in [-0.2, -0.15) is 0 Å². The van der Waals surface area contributed by atoms with E-state index >= 15 is 0 Å². The summed E-state index contributed by atoms with van der Waals surface area (Å²) in [5.74, 6) is 0.127. The second-order valence-corrected chi connectivity index (χ2v) is 4.01. The summed E-state index contributed by atoms with van der Waals surface area (Å²) < 4.78 is 19.4. The van der Waals surface area contributed by atoms with E-state index in [0.717, 1.165) is 6.54 Å². The molecule has 18 heavy (non-hydrogen) atoms. The molecule has 0 spiro atoms. The molecule has 1 heterocycles. The molecule has 102 valence electrons. The molecule has 0 radical (unpaired) electrons. The molecule has 0 aliphatic carbocycles. The van der Waals surface area contributed by atoms with Crippen LogP contribution in [0.3, 0.4) is 0 Å². The van der Waals surface area contributed by atoms with Gasteiger partial charge in [0.2, 0.25) is 0 Å². The molecular weight excluding hydrogens is 233 g/mol. The van der Waals surface area contributed by atoms with Gasteiger partial charge >= 0.3 is 0 Å². The van der Waals surface area contributed by atoms with E-state index in [9.17, 15) is 4.39 Å². The van der Waals surface area contributed by atoms with Crippen molar-refractivity contribution in [3.63, 3.8) is 0 Å². The second-order valence-electron chi connectivity index (χ2n) is 4.01. The van der Waals surface area contributed by atoms with E-state index < -0.39 is 0 Å². The van der Waals surface area contributed by atoms with Crippen molar-refractivity contribution in [1.82, 2.24) is 10.3 Å². The van der Waals surface area contributed by atoms with Crippen LogP contribution in [0.1, 0.15) is 19.4 Å². The zero-order chi connectivity index (χ0) is 13.4. The van der Waals surface area contributed by atoms with Gasteiger partial charge in [0.25, 0.3) is 0 Å². The average Bonchev–Trinajstić information content (AvgIpc) is 2.37. The van der Waals surface area contributed by atoms with Crippen LogP contribution in [0.5, 0.6) is 0 Å². The molecule has 0 bridgehead atoms. The quantitative estimate of drug-likeness (QED) is 0.719. The predicted molar refractivity (Wildman–Crippen MR) is 71.3 cm³/mol. The first-order chi connectivity index (χ1) is 8.70. The number of likely N-dealkylation sites (N-methyl/N-ethyl adjacent to an activating group) is 1. The number of rotatable bonds is 8. The Labute approximate surface area is 108 Å². The summed E-state index contributed by atoms with van der Waals surface area (Å²) in [6, 6.07) is 1.71. The van der Waals surface area contributed by atoms with Crippen LogP contribution >= 0.6 is 0 Å². The van der Waals surface area contributed by atoms with Gasteiger partial charge in [-0.05, 0) is 19.5 Å². The summed E-state index contributed by atoms with van der Waals surface area (Å²) in [7, 11) is 1.82. The fraction of sp³-hybridized carbons (Fsp3) is 0.615. The third-order valence-corrected chi connectivity index (χ3v) is 2.65. The maximum Gasteiger partial charge on any atom is 0.170 e. The Hall–Kier alpha value is -1.20. The van der Waals surface area contributed by atoms with Gasteiger partial charge in [0.05, 0.1) is 6.61 Å². The molecule has 0 aliphatic heterocycles. The van der Waals surface area contributed by atoms with Crippen molar-refractivity contribution in [3.8, 4) is 0 Å². The van der Waals surface area contributed by atoms with Crippen LogP contribution < -0.4 is 10.2 Å². The molecule has 0 saturated heterocycles. The zero-order valence-electron chi connectivity index (χ0n) is 11.4. The summed E-state index contributed by atoms with van der Waals surface area (Å²) >= 11 is 0. The third kappa shape index (κ3) is 4.23. The molecule has 4 nitrogen and oxygen atoms in total. The van der Waals surface area contributed by atoms with Gasteiger partial charge in [-0.15, -0.1) is 0 Å². The standard InChI is InChI=1S/C13H22FN3O/c1-4-15-10-11-6-7-16-13(12(11)14)17(3)8-9-18-5-2/h6-7,15H,4-5,8-10H2,1-3H3. The first-order valence-electron chi connectivity index (χ1n) is 6.33. The minimum Gasteiger partial charge on any atom is -0.380 e. The molecule has 0 atom stereocenters. The predicted octanol–water partition coefficient (Wildman–Crippen LogP) is 1.80. The highest BCUT2D eigenvalue weighted by atomic mass is 19.1. The van der Waals surface area contributed by atoms with Crippen molar-refractivity contribution in [2.75, 3.05) is 38.3 Å². The molecule has 0 aliphatic rings. The molecule has 5 heteroatoms. The van der Waals surface area contributed by atoms with E-state index in [1.807, 2.05) is 20.9 Å². The highest BCUT2D eigenvalue weighted by molar-refractivity contribution is 5.42. The molecule has 0 aromatic carbocycles. The molecule has 0 amide bonds. The first-order valence-corrected chi connectivity index (χ1v) is 6.33. The lowest BCUT2D eigenvalue weighted by molar-refractivity contribution is 0.154. The van der Waals surface area contributed by atoms with Gasteiger partial charge in [0.15, 0.2) is 11.6 Å². The van der Waals surface area contributed by atoms with Crippen molar-refractivity contribution in [3.05, 3.63) is 23.6 Å². The Bertz CT molecular complexity index is 360. The zero-order valence-corrected chi connectivity index (χ0v) is 11.4. The monoisotopic (exact) mass is 255 g/mol. The van der Waals surface area contributed by atoms with E-state index in [1.54, 1.807) is 17.2 Å². The van der Waals surface area contributed by atoms with Gasteiger partial charge in [-0.25, -0.2) is 9.37 Å². The number of hydrogen-bond acceptors (Lipinski definition) is 4. The summed E-state index contributed by atoms with van der Waals surface area (Å²) in [4.78, 5) is 5.87. The minimum absolute atomic E-state index is 0.252. The number of aromatic nitrogens is 1. The summed E-state index contributed by atoms with van der Waals surface area (Å²) in [6.45, 7) is 7.15. The SMILES string of the molecule is CCNCc1ccnc(N(C)CCOCC)c1F. The number of halogens is 1. The van der Waals surface area contributed by atoms with Gasteiger partial charge in [0, 0.05) is 38.5 Å². The van der Waals surface area contributed by atoms with Crippen LogP contribution in [0, 0.1) is 5.82 Å². The molecule has 0 fully saturated rings. The smallest absolute Gasteiger partial charge is 0.170 e. The van der Waals surface area contributed by atoms with Crippen molar-refractivity contribution >= 4 is 5.82 Å². The Morgan fingerprint density at radius 1 is 1.44 bits per heavy atom. The lowest BCUT2D eigenvalue weighted by Crippen LogP contribution is -2.25. The van der Waals surface area contributed by atoms with Crippen LogP contribution in [-0.4, -0.2) is 38.3 Å². The topological polar surface area (TPSA) is 37.4 Å². The molecule has 1 aromatic rings. The lowest BCUT2D eigenvalue weighted by Gasteiger charge is -2.19. The third-order valence-electron chi connectivity index (χ3n) is 2.65. The van der Waals surface area contributed by atoms with E-state index in [4.69, 9.17) is 4.74 Å². The largest absolute Gasteiger partial charge is 0.380 e. The van der Waals surface area contributed by atoms with Crippen LogP contribution in [0.25, 0.3) is 0 Å². The van der Waals surface area contributed by atoms with Crippen LogP contribution in [0.4, 0.5) is 10.2 Å². The molecule has 0 unspecified atom stereocenters. The maximum atomic E-state index is 14.2. The number of pyridine rings is 1. The summed E-state index contributed by atoms with van der Waals surface area (Å²) in [5, 5.41) is 3.11. The maximum absolute atomic E-state index is 14.2. The van der Waals surface area contributed by atoms with Crippen molar-refractivity contribution in [2.45, 2.75) is 20.4 Å². The summed E-state index contributed by atoms with van der Waals surface area (Å²) in [6.07, 6.45) is 1.64. The Balaban J connectivity index is 2.69. The van der Waals surface area contributed by atoms with Crippen LogP contribution in [-0.2, 0) is 11.3 Å². The van der Waals surface area contributed by atoms with E-state index in [-0.39, 0.29) is 5.82 Å². The molecular formula is C13H22FN3O. The lowest BCUT2D eigenvalue weighted by atomic mass is 10.2. The normalized spacial score (nSPS) is 10.7. The molecule has 0 saturated carbocycles. The van der Waals surface area contributed by atoms with Gasteiger partial charge in [-0.1, -0.05) is 6.92 Å². The van der Waals surface area contributed by atoms with Crippen molar-refractivity contribution in [1.29, 1.82) is 0 Å². The molecule has 1 rings (SSSR count). The average molecular weight is 255 g/mol. The highest BCUT2D eigenvalue weighted by Crippen LogP contribution is 2.18. The number of hydrogen-bond donors (Lipinski definition) is 1. The van der Waals surface area contributed by atoms with E-state index in [0.29, 0.717) is 37.7 Å². The minimum atomic E-state index is -0.252. The van der Waals surface area contributed by atoms with Gasteiger partial charge < -0.3 is 15.0 Å². The number of nitrogens with zero attached hydrogens (tertiary/aromatic N) is 2. The fourth-order valence-corrected chi connectivity index (χ4v) is 1.59. The molecule has 1 N–H and O–H groups in total. The van der Waals surface area contributed by atoms with Gasteiger partial charge in [-0.3, -0.25) is 0 Å². The van der Waals surface area contributed by atoms with Crippen LogP contribution in [0.2, 0.25) is 0 Å². The summed E-state index contributed by atoms with van der Waals surface area (Å²) in [5.41, 5.74) is 0.644. The number of anilines is 1. The first kappa shape index (κ1) is 14.9. The van der Waals surface area contributed by atoms with E-state index in [1.165, 1.54) is 0 Å². The highest BCUT2D eigenvalue weighted by Gasteiger charge is 2.12. The van der Waals surface area contributed by atoms with Crippen molar-refractivity contribution < 1.29 is 9.13 Å². The Morgan fingerprint density at radius 3 is 2.89 bits per heavy atom. The molecule has 1 aromatic heterocycles. The van der Waals surface area contributed by atoms with Gasteiger partial charge in [0.1, 0.15) is 0 Å². The Morgan fingerprint density at radius 2 is 2.22 bits per heavy atom. The fourth-order valence-electron chi connectivity index (χ4n) is 1.59.